The summed E-state index contributed by atoms with van der Waals surface area (Å²) in [6.45, 7) is 5.24. The molecule has 5 nitrogen and oxygen atoms in total. The Morgan fingerprint density at radius 2 is 1.72 bits per heavy atom. The highest BCUT2D eigenvalue weighted by atomic mass is 32.2. The Balaban J connectivity index is 1.95. The van der Waals surface area contributed by atoms with Crippen LogP contribution in [0.2, 0.25) is 0 Å². The van der Waals surface area contributed by atoms with Crippen LogP contribution in [-0.4, -0.2) is 37.8 Å². The number of aryl methyl sites for hydroxylation is 1. The highest BCUT2D eigenvalue weighted by Gasteiger charge is 2.24. The molecule has 1 aromatic rings. The van der Waals surface area contributed by atoms with Gasteiger partial charge >= 0.3 is 0 Å². The Kier molecular flexibility index (Phi) is 7.44. The van der Waals surface area contributed by atoms with E-state index in [-0.39, 0.29) is 11.9 Å². The third-order valence-corrected chi connectivity index (χ3v) is 6.70. The van der Waals surface area contributed by atoms with Gasteiger partial charge in [0.25, 0.3) is 0 Å². The summed E-state index contributed by atoms with van der Waals surface area (Å²) in [4.78, 5) is 12.2. The van der Waals surface area contributed by atoms with Crippen molar-refractivity contribution in [1.82, 2.24) is 9.62 Å². The maximum Gasteiger partial charge on any atom is 0.243 e. The summed E-state index contributed by atoms with van der Waals surface area (Å²) < 4.78 is 27.1. The lowest BCUT2D eigenvalue weighted by Crippen LogP contribution is -2.32. The molecule has 1 atom stereocenters. The monoisotopic (exact) mass is 366 g/mol. The molecule has 1 saturated heterocycles. The largest absolute Gasteiger partial charge is 0.354 e. The van der Waals surface area contributed by atoms with Crippen molar-refractivity contribution in [2.75, 3.05) is 13.1 Å². The van der Waals surface area contributed by atoms with Gasteiger partial charge in [0.2, 0.25) is 15.9 Å². The van der Waals surface area contributed by atoms with Crippen LogP contribution < -0.4 is 5.32 Å². The number of nitrogens with one attached hydrogen (secondary N) is 1. The van der Waals surface area contributed by atoms with E-state index in [4.69, 9.17) is 0 Å². The number of carbonyl (C=O) groups excluding carboxylic acids is 1. The smallest absolute Gasteiger partial charge is 0.243 e. The zero-order chi connectivity index (χ0) is 18.3. The summed E-state index contributed by atoms with van der Waals surface area (Å²) in [7, 11) is -3.40. The van der Waals surface area contributed by atoms with E-state index in [0.717, 1.165) is 37.7 Å². The van der Waals surface area contributed by atoms with Crippen LogP contribution in [0, 0.1) is 0 Å². The van der Waals surface area contributed by atoms with Crippen molar-refractivity contribution in [3.63, 3.8) is 0 Å². The van der Waals surface area contributed by atoms with Crippen LogP contribution in [0.3, 0.4) is 0 Å². The molecule has 1 aliphatic rings. The summed E-state index contributed by atoms with van der Waals surface area (Å²) in [5, 5.41) is 2.94. The number of benzene rings is 1. The third-order valence-electron chi connectivity index (χ3n) is 4.79. The van der Waals surface area contributed by atoms with Gasteiger partial charge in [-0.3, -0.25) is 4.79 Å². The maximum absolute atomic E-state index is 12.7. The fourth-order valence-electron chi connectivity index (χ4n) is 2.97. The van der Waals surface area contributed by atoms with Gasteiger partial charge in [0.15, 0.2) is 0 Å². The molecule has 1 amide bonds. The van der Waals surface area contributed by atoms with Crippen molar-refractivity contribution in [2.45, 2.75) is 69.7 Å². The number of hydrogen-bond acceptors (Lipinski definition) is 3. The molecule has 0 bridgehead atoms. The third kappa shape index (κ3) is 5.82. The summed E-state index contributed by atoms with van der Waals surface area (Å²) >= 11 is 0. The lowest BCUT2D eigenvalue weighted by Gasteiger charge is -2.20. The van der Waals surface area contributed by atoms with E-state index in [2.05, 4.69) is 5.32 Å². The van der Waals surface area contributed by atoms with Gasteiger partial charge in [0.1, 0.15) is 0 Å². The first kappa shape index (κ1) is 19.9. The molecule has 0 aromatic heterocycles. The number of nitrogens with zero attached hydrogens (tertiary/aromatic N) is 1. The minimum absolute atomic E-state index is 0.0376. The van der Waals surface area contributed by atoms with E-state index < -0.39 is 10.0 Å². The van der Waals surface area contributed by atoms with Crippen LogP contribution in [0.15, 0.2) is 29.2 Å². The summed E-state index contributed by atoms with van der Waals surface area (Å²) in [5.74, 6) is 0.0376. The SMILES string of the molecule is CCC(C)NC(=O)CCc1ccc(S(=O)(=O)N2CCCCCC2)cc1. The Morgan fingerprint density at radius 1 is 1.12 bits per heavy atom. The van der Waals surface area contributed by atoms with E-state index in [1.165, 1.54) is 0 Å². The van der Waals surface area contributed by atoms with Crippen molar-refractivity contribution in [1.29, 1.82) is 0 Å². The maximum atomic E-state index is 12.7. The van der Waals surface area contributed by atoms with Crippen LogP contribution in [0.1, 0.15) is 57.9 Å². The quantitative estimate of drug-likeness (QED) is 0.806. The molecule has 1 aliphatic heterocycles. The number of hydrogen-bond donors (Lipinski definition) is 1. The first-order valence-electron chi connectivity index (χ1n) is 9.32. The molecule has 6 heteroatoms. The van der Waals surface area contributed by atoms with E-state index in [9.17, 15) is 13.2 Å². The molecule has 140 valence electrons. The Bertz CT molecular complexity index is 648. The molecule has 1 unspecified atom stereocenters. The second kappa shape index (κ2) is 9.34. The Morgan fingerprint density at radius 3 is 2.28 bits per heavy atom. The van der Waals surface area contributed by atoms with E-state index in [1.807, 2.05) is 26.0 Å². The van der Waals surface area contributed by atoms with Gasteiger partial charge in [0.05, 0.1) is 4.90 Å². The van der Waals surface area contributed by atoms with Gasteiger partial charge in [0, 0.05) is 25.6 Å². The molecular formula is C19H30N2O3S. The summed E-state index contributed by atoms with van der Waals surface area (Å²) in [5.41, 5.74) is 0.981. The Hall–Kier alpha value is -1.40. The van der Waals surface area contributed by atoms with E-state index in [0.29, 0.717) is 30.8 Å². The molecular weight excluding hydrogens is 336 g/mol. The number of sulfonamides is 1. The first-order chi connectivity index (χ1) is 11.9. The molecule has 2 rings (SSSR count). The highest BCUT2D eigenvalue weighted by Crippen LogP contribution is 2.21. The Labute approximate surface area is 151 Å². The lowest BCUT2D eigenvalue weighted by molar-refractivity contribution is -0.121. The number of carbonyl (C=O) groups is 1. The summed E-state index contributed by atoms with van der Waals surface area (Å²) in [6, 6.07) is 7.17. The minimum atomic E-state index is -3.40. The van der Waals surface area contributed by atoms with Gasteiger partial charge in [-0.2, -0.15) is 4.31 Å². The summed E-state index contributed by atoms with van der Waals surface area (Å²) in [6.07, 6.45) is 6.02. The van der Waals surface area contributed by atoms with Crippen LogP contribution in [-0.2, 0) is 21.2 Å². The van der Waals surface area contributed by atoms with Crippen LogP contribution in [0.5, 0.6) is 0 Å². The van der Waals surface area contributed by atoms with Gasteiger partial charge < -0.3 is 5.32 Å². The molecule has 25 heavy (non-hydrogen) atoms. The topological polar surface area (TPSA) is 66.5 Å². The standard InChI is InChI=1S/C19H30N2O3S/c1-3-16(2)20-19(22)13-10-17-8-11-18(12-9-17)25(23,24)21-14-6-4-5-7-15-21/h8-9,11-12,16H,3-7,10,13-15H2,1-2H3,(H,20,22). The van der Waals surface area contributed by atoms with Crippen LogP contribution in [0.25, 0.3) is 0 Å². The normalized spacial score (nSPS) is 17.7. The minimum Gasteiger partial charge on any atom is -0.354 e. The number of amides is 1. The molecule has 1 heterocycles. The predicted octanol–water partition coefficient (Wildman–Crippen LogP) is 3.10. The molecule has 0 radical (unpaired) electrons. The van der Waals surface area contributed by atoms with Crippen molar-refractivity contribution in [2.24, 2.45) is 0 Å². The fraction of sp³-hybridized carbons (Fsp3) is 0.632. The van der Waals surface area contributed by atoms with Crippen LogP contribution >= 0.6 is 0 Å². The van der Waals surface area contributed by atoms with Crippen molar-refractivity contribution in [3.8, 4) is 0 Å². The van der Waals surface area contributed by atoms with Crippen molar-refractivity contribution < 1.29 is 13.2 Å². The first-order valence-corrected chi connectivity index (χ1v) is 10.8. The van der Waals surface area contributed by atoms with Gasteiger partial charge in [-0.05, 0) is 50.3 Å². The molecule has 0 saturated carbocycles. The molecule has 0 aliphatic carbocycles. The molecule has 1 aromatic carbocycles. The molecule has 0 spiro atoms. The zero-order valence-electron chi connectivity index (χ0n) is 15.3. The second-order valence-electron chi connectivity index (χ2n) is 6.84. The van der Waals surface area contributed by atoms with Gasteiger partial charge in [-0.1, -0.05) is 31.9 Å². The van der Waals surface area contributed by atoms with Gasteiger partial charge in [-0.15, -0.1) is 0 Å². The molecule has 1 N–H and O–H groups in total. The van der Waals surface area contributed by atoms with Gasteiger partial charge in [-0.25, -0.2) is 8.42 Å². The average molecular weight is 367 g/mol. The predicted molar refractivity (Wildman–Crippen MR) is 99.9 cm³/mol. The van der Waals surface area contributed by atoms with Crippen molar-refractivity contribution >= 4 is 15.9 Å². The zero-order valence-corrected chi connectivity index (χ0v) is 16.1. The van der Waals surface area contributed by atoms with Crippen molar-refractivity contribution in [3.05, 3.63) is 29.8 Å². The molecule has 1 fully saturated rings. The lowest BCUT2D eigenvalue weighted by atomic mass is 10.1. The van der Waals surface area contributed by atoms with E-state index in [1.54, 1.807) is 16.4 Å². The second-order valence-corrected chi connectivity index (χ2v) is 8.78. The van der Waals surface area contributed by atoms with Crippen LogP contribution in [0.4, 0.5) is 0 Å². The fourth-order valence-corrected chi connectivity index (χ4v) is 4.48. The highest BCUT2D eigenvalue weighted by molar-refractivity contribution is 7.89. The van der Waals surface area contributed by atoms with E-state index >= 15 is 0 Å². The average Bonchev–Trinajstić information content (AvgIpc) is 2.90. The number of rotatable bonds is 7.